The zero-order valence-corrected chi connectivity index (χ0v) is 17.1. The number of hydrogen-bond acceptors (Lipinski definition) is 5. The van der Waals surface area contributed by atoms with Gasteiger partial charge in [-0.2, -0.15) is 0 Å². The Morgan fingerprint density at radius 2 is 2.21 bits per heavy atom. The summed E-state index contributed by atoms with van der Waals surface area (Å²) in [5, 5.41) is 3.16. The molecule has 1 aromatic rings. The molecular formula is C22H31N3O3. The first-order chi connectivity index (χ1) is 13.4. The average Bonchev–Trinajstić information content (AvgIpc) is 3.33. The van der Waals surface area contributed by atoms with E-state index in [1.807, 2.05) is 12.1 Å². The first-order valence-electron chi connectivity index (χ1n) is 10.5. The molecule has 2 bridgehead atoms. The minimum Gasteiger partial charge on any atom is -0.369 e. The van der Waals surface area contributed by atoms with Gasteiger partial charge in [0.2, 0.25) is 5.91 Å². The monoisotopic (exact) mass is 385 g/mol. The highest BCUT2D eigenvalue weighted by Gasteiger charge is 2.63. The van der Waals surface area contributed by atoms with Gasteiger partial charge < -0.3 is 15.0 Å². The normalized spacial score (nSPS) is 30.7. The molecule has 1 amide bonds. The van der Waals surface area contributed by atoms with Crippen molar-refractivity contribution in [3.05, 3.63) is 23.9 Å². The summed E-state index contributed by atoms with van der Waals surface area (Å²) in [7, 11) is 0. The average molecular weight is 386 g/mol. The zero-order chi connectivity index (χ0) is 19.9. The van der Waals surface area contributed by atoms with Crippen molar-refractivity contribution in [2.75, 3.05) is 24.5 Å². The molecule has 6 nitrogen and oxygen atoms in total. The van der Waals surface area contributed by atoms with Gasteiger partial charge >= 0.3 is 0 Å². The standard InChI is InChI=1S/C22H31N3O3/c1-14(2)4-7-21(27)24-11-17-18-12-25(13-22(18)9-8-19(17)28-22)20-6-5-16(10-23-20)15(3)26/h5-6,10,14,17-19H,4,7-9,11-13H2,1-3H3,(H,24,27)/t17-,18+,19+,22+/m0/s1. The molecule has 0 aliphatic carbocycles. The van der Waals surface area contributed by atoms with Gasteiger partial charge in [-0.1, -0.05) is 13.8 Å². The SMILES string of the molecule is CC(=O)c1ccc(N2C[C@@H]3[C@H](CNC(=O)CCC(C)C)[C@H]4CC[C@]3(C2)O4)nc1. The van der Waals surface area contributed by atoms with Crippen molar-refractivity contribution in [1.29, 1.82) is 0 Å². The van der Waals surface area contributed by atoms with Crippen LogP contribution >= 0.6 is 0 Å². The van der Waals surface area contributed by atoms with Crippen LogP contribution in [0.5, 0.6) is 0 Å². The van der Waals surface area contributed by atoms with Gasteiger partial charge in [0.1, 0.15) is 5.82 Å². The highest BCUT2D eigenvalue weighted by Crippen LogP contribution is 2.55. The van der Waals surface area contributed by atoms with Crippen molar-refractivity contribution in [2.45, 2.75) is 58.2 Å². The molecule has 0 radical (unpaired) electrons. The van der Waals surface area contributed by atoms with Crippen LogP contribution < -0.4 is 10.2 Å². The van der Waals surface area contributed by atoms with Crippen LogP contribution in [0.3, 0.4) is 0 Å². The van der Waals surface area contributed by atoms with Crippen LogP contribution in [0.1, 0.15) is 56.8 Å². The molecule has 4 atom stereocenters. The topological polar surface area (TPSA) is 71.5 Å². The first kappa shape index (κ1) is 19.4. The van der Waals surface area contributed by atoms with Crippen molar-refractivity contribution >= 4 is 17.5 Å². The molecule has 1 N–H and O–H groups in total. The predicted molar refractivity (Wildman–Crippen MR) is 107 cm³/mol. The van der Waals surface area contributed by atoms with E-state index in [2.05, 4.69) is 29.0 Å². The third-order valence-corrected chi connectivity index (χ3v) is 6.75. The number of anilines is 1. The van der Waals surface area contributed by atoms with E-state index in [4.69, 9.17) is 4.74 Å². The summed E-state index contributed by atoms with van der Waals surface area (Å²) in [5.74, 6) is 2.43. The number of fused-ring (bicyclic) bond motifs is 1. The Morgan fingerprint density at radius 3 is 2.89 bits per heavy atom. The van der Waals surface area contributed by atoms with Crippen molar-refractivity contribution in [3.63, 3.8) is 0 Å². The second-order valence-electron chi connectivity index (χ2n) is 9.11. The number of ether oxygens (including phenoxy) is 1. The van der Waals surface area contributed by atoms with E-state index >= 15 is 0 Å². The highest BCUT2D eigenvalue weighted by molar-refractivity contribution is 5.93. The first-order valence-corrected chi connectivity index (χ1v) is 10.5. The molecule has 3 saturated heterocycles. The highest BCUT2D eigenvalue weighted by atomic mass is 16.5. The third-order valence-electron chi connectivity index (χ3n) is 6.75. The van der Waals surface area contributed by atoms with E-state index < -0.39 is 0 Å². The van der Waals surface area contributed by atoms with E-state index in [1.54, 1.807) is 13.1 Å². The number of hydrogen-bond donors (Lipinski definition) is 1. The van der Waals surface area contributed by atoms with Crippen molar-refractivity contribution < 1.29 is 14.3 Å². The van der Waals surface area contributed by atoms with Crippen LogP contribution in [0.4, 0.5) is 5.82 Å². The second-order valence-corrected chi connectivity index (χ2v) is 9.11. The lowest BCUT2D eigenvalue weighted by Crippen LogP contribution is -2.41. The molecule has 3 fully saturated rings. The van der Waals surface area contributed by atoms with Gasteiger partial charge in [-0.25, -0.2) is 4.98 Å². The van der Waals surface area contributed by atoms with Crippen LogP contribution in [0, 0.1) is 17.8 Å². The Bertz CT molecular complexity index is 748. The fourth-order valence-corrected chi connectivity index (χ4v) is 5.16. The summed E-state index contributed by atoms with van der Waals surface area (Å²) < 4.78 is 6.47. The Morgan fingerprint density at radius 1 is 1.39 bits per heavy atom. The fraction of sp³-hybridized carbons (Fsp3) is 0.682. The molecule has 28 heavy (non-hydrogen) atoms. The fourth-order valence-electron chi connectivity index (χ4n) is 5.16. The Labute approximate surface area is 167 Å². The number of aromatic nitrogens is 1. The molecule has 0 saturated carbocycles. The second kappa shape index (κ2) is 7.47. The number of pyridine rings is 1. The number of Topliss-reactive ketones (excluding diaryl/α,β-unsaturated/α-hetero) is 1. The summed E-state index contributed by atoms with van der Waals surface area (Å²) in [6.07, 6.45) is 5.62. The van der Waals surface area contributed by atoms with Gasteiger partial charge in [0.15, 0.2) is 5.78 Å². The van der Waals surface area contributed by atoms with Gasteiger partial charge in [-0.05, 0) is 44.2 Å². The van der Waals surface area contributed by atoms with E-state index in [1.165, 1.54) is 0 Å². The summed E-state index contributed by atoms with van der Waals surface area (Å²) >= 11 is 0. The number of ketones is 1. The lowest BCUT2D eigenvalue weighted by molar-refractivity contribution is -0.121. The number of nitrogens with one attached hydrogen (secondary N) is 1. The summed E-state index contributed by atoms with van der Waals surface area (Å²) in [6, 6.07) is 3.78. The zero-order valence-electron chi connectivity index (χ0n) is 17.1. The van der Waals surface area contributed by atoms with Gasteiger partial charge in [0.05, 0.1) is 11.7 Å². The van der Waals surface area contributed by atoms with Gasteiger partial charge in [-0.15, -0.1) is 0 Å². The Balaban J connectivity index is 1.40. The maximum Gasteiger partial charge on any atom is 0.220 e. The lowest BCUT2D eigenvalue weighted by atomic mass is 9.73. The summed E-state index contributed by atoms with van der Waals surface area (Å²) in [5.41, 5.74) is 0.541. The quantitative estimate of drug-likeness (QED) is 0.731. The van der Waals surface area contributed by atoms with E-state index in [0.717, 1.165) is 38.2 Å². The van der Waals surface area contributed by atoms with Crippen LogP contribution in [0.2, 0.25) is 0 Å². The number of nitrogens with zero attached hydrogens (tertiary/aromatic N) is 2. The summed E-state index contributed by atoms with van der Waals surface area (Å²) in [4.78, 5) is 30.4. The molecule has 0 unspecified atom stereocenters. The number of rotatable bonds is 7. The molecule has 4 heterocycles. The van der Waals surface area contributed by atoms with Crippen molar-refractivity contribution in [2.24, 2.45) is 17.8 Å². The van der Waals surface area contributed by atoms with Crippen LogP contribution in [-0.4, -0.2) is 48.0 Å². The van der Waals surface area contributed by atoms with Gasteiger partial charge in [0.25, 0.3) is 0 Å². The molecule has 1 aromatic heterocycles. The van der Waals surface area contributed by atoms with E-state index in [9.17, 15) is 9.59 Å². The largest absolute Gasteiger partial charge is 0.369 e. The maximum atomic E-state index is 12.2. The smallest absolute Gasteiger partial charge is 0.220 e. The molecule has 1 spiro atoms. The van der Waals surface area contributed by atoms with E-state index in [0.29, 0.717) is 36.3 Å². The Kier molecular flexibility index (Phi) is 5.17. The lowest BCUT2D eigenvalue weighted by Gasteiger charge is -2.29. The number of carbonyl (C=O) groups is 2. The summed E-state index contributed by atoms with van der Waals surface area (Å²) in [6.45, 7) is 8.30. The minimum absolute atomic E-state index is 0.0335. The van der Waals surface area contributed by atoms with E-state index in [-0.39, 0.29) is 23.4 Å². The number of amides is 1. The molecule has 6 heteroatoms. The van der Waals surface area contributed by atoms with Crippen LogP contribution in [0.15, 0.2) is 18.3 Å². The molecule has 3 aliphatic heterocycles. The maximum absolute atomic E-state index is 12.2. The Hall–Kier alpha value is -1.95. The minimum atomic E-state index is -0.0983. The van der Waals surface area contributed by atoms with Crippen molar-refractivity contribution in [3.8, 4) is 0 Å². The molecule has 3 aliphatic rings. The number of carbonyl (C=O) groups excluding carboxylic acids is 2. The molecular weight excluding hydrogens is 354 g/mol. The van der Waals surface area contributed by atoms with Crippen molar-refractivity contribution in [1.82, 2.24) is 10.3 Å². The molecule has 0 aromatic carbocycles. The van der Waals surface area contributed by atoms with Gasteiger partial charge in [0, 0.05) is 49.7 Å². The predicted octanol–water partition coefficient (Wildman–Crippen LogP) is 2.82. The van der Waals surface area contributed by atoms with Gasteiger partial charge in [-0.3, -0.25) is 9.59 Å². The molecule has 152 valence electrons. The molecule has 4 rings (SSSR count). The third kappa shape index (κ3) is 3.54. The van der Waals surface area contributed by atoms with Crippen LogP contribution in [0.25, 0.3) is 0 Å². The van der Waals surface area contributed by atoms with Crippen LogP contribution in [-0.2, 0) is 9.53 Å².